The molecule has 4 nitrogen and oxygen atoms in total. The van der Waals surface area contributed by atoms with Crippen LogP contribution < -0.4 is 5.32 Å². The summed E-state index contributed by atoms with van der Waals surface area (Å²) in [5, 5.41) is 3.19. The number of hydrogen-bond donors (Lipinski definition) is 1. The molecule has 112 valence electrons. The van der Waals surface area contributed by atoms with E-state index in [1.165, 1.54) is 6.42 Å². The van der Waals surface area contributed by atoms with Crippen molar-refractivity contribution in [2.75, 3.05) is 19.0 Å². The summed E-state index contributed by atoms with van der Waals surface area (Å²) in [7, 11) is 1.91. The zero-order valence-corrected chi connectivity index (χ0v) is 15.0. The Balaban J connectivity index is 2.42. The van der Waals surface area contributed by atoms with Gasteiger partial charge >= 0.3 is 0 Å². The van der Waals surface area contributed by atoms with Gasteiger partial charge in [0.25, 0.3) is 0 Å². The minimum absolute atomic E-state index is 0.333. The fraction of sp³-hybridized carbons (Fsp3) is 0.733. The topological polar surface area (TPSA) is 47.0 Å². The Kier molecular flexibility index (Phi) is 5.23. The molecule has 0 radical (unpaired) electrons. The number of nitrogens with zero attached hydrogens (tertiary/aromatic N) is 2. The molecule has 20 heavy (non-hydrogen) atoms. The molecule has 0 aliphatic carbocycles. The predicted molar refractivity (Wildman–Crippen MR) is 90.0 cm³/mol. The van der Waals surface area contributed by atoms with Crippen LogP contribution in [0.5, 0.6) is 0 Å². The summed E-state index contributed by atoms with van der Waals surface area (Å²) >= 11 is 2.34. The van der Waals surface area contributed by atoms with Crippen LogP contribution in [0.2, 0.25) is 0 Å². The van der Waals surface area contributed by atoms with E-state index >= 15 is 0 Å². The van der Waals surface area contributed by atoms with Crippen molar-refractivity contribution in [2.45, 2.75) is 52.1 Å². The van der Waals surface area contributed by atoms with E-state index in [1.807, 2.05) is 7.05 Å². The SMILES string of the molecule is CNc1nc(C2(C)CCCCO2)nc(CC(C)C)c1I. The Morgan fingerprint density at radius 1 is 1.35 bits per heavy atom. The lowest BCUT2D eigenvalue weighted by atomic mass is 9.94. The maximum Gasteiger partial charge on any atom is 0.162 e. The lowest BCUT2D eigenvalue weighted by molar-refractivity contribution is -0.0761. The maximum atomic E-state index is 6.00. The zero-order chi connectivity index (χ0) is 14.8. The van der Waals surface area contributed by atoms with Crippen LogP contribution in [0.3, 0.4) is 0 Å². The number of rotatable bonds is 4. The first kappa shape index (κ1) is 15.9. The average molecular weight is 389 g/mol. The molecular weight excluding hydrogens is 365 g/mol. The summed E-state index contributed by atoms with van der Waals surface area (Å²) in [6.07, 6.45) is 4.29. The average Bonchev–Trinajstić information content (AvgIpc) is 2.41. The normalized spacial score (nSPS) is 23.1. The van der Waals surface area contributed by atoms with E-state index in [2.05, 4.69) is 48.7 Å². The van der Waals surface area contributed by atoms with Crippen molar-refractivity contribution in [2.24, 2.45) is 5.92 Å². The molecule has 0 aromatic carbocycles. The summed E-state index contributed by atoms with van der Waals surface area (Å²) < 4.78 is 7.12. The molecule has 1 aliphatic rings. The number of hydrogen-bond acceptors (Lipinski definition) is 4. The fourth-order valence-electron chi connectivity index (χ4n) is 2.53. The summed E-state index contributed by atoms with van der Waals surface area (Å²) in [4.78, 5) is 9.53. The number of anilines is 1. The van der Waals surface area contributed by atoms with Gasteiger partial charge in [0.1, 0.15) is 11.4 Å². The smallest absolute Gasteiger partial charge is 0.162 e. The van der Waals surface area contributed by atoms with Crippen LogP contribution in [0.4, 0.5) is 5.82 Å². The maximum absolute atomic E-state index is 6.00. The van der Waals surface area contributed by atoms with E-state index in [0.717, 1.165) is 46.8 Å². The monoisotopic (exact) mass is 389 g/mol. The van der Waals surface area contributed by atoms with E-state index in [1.54, 1.807) is 0 Å². The molecule has 2 rings (SSSR count). The third-order valence-corrected chi connectivity index (χ3v) is 4.83. The third kappa shape index (κ3) is 3.42. The Labute approximate surface area is 135 Å². The molecule has 1 aromatic rings. The van der Waals surface area contributed by atoms with Crippen LogP contribution in [0.15, 0.2) is 0 Å². The summed E-state index contributed by atoms with van der Waals surface area (Å²) in [6.45, 7) is 7.36. The molecule has 0 bridgehead atoms. The van der Waals surface area contributed by atoms with Crippen molar-refractivity contribution in [3.63, 3.8) is 0 Å². The first-order chi connectivity index (χ1) is 9.46. The molecule has 1 atom stereocenters. The van der Waals surface area contributed by atoms with E-state index in [0.29, 0.717) is 5.92 Å². The van der Waals surface area contributed by atoms with Crippen LogP contribution in [-0.4, -0.2) is 23.6 Å². The van der Waals surface area contributed by atoms with E-state index in [-0.39, 0.29) is 5.60 Å². The van der Waals surface area contributed by atoms with Crippen LogP contribution in [-0.2, 0) is 16.8 Å². The van der Waals surface area contributed by atoms with Gasteiger partial charge in [-0.25, -0.2) is 9.97 Å². The highest BCUT2D eigenvalue weighted by molar-refractivity contribution is 14.1. The number of halogens is 1. The molecule has 1 saturated heterocycles. The first-order valence-electron chi connectivity index (χ1n) is 7.35. The molecule has 0 saturated carbocycles. The quantitative estimate of drug-likeness (QED) is 0.798. The molecule has 2 heterocycles. The Hall–Kier alpha value is -0.430. The van der Waals surface area contributed by atoms with Gasteiger partial charge in [-0.3, -0.25) is 0 Å². The van der Waals surface area contributed by atoms with Gasteiger partial charge in [-0.2, -0.15) is 0 Å². The second-order valence-corrected chi connectivity index (χ2v) is 7.12. The molecular formula is C15H24IN3O. The molecule has 1 N–H and O–H groups in total. The van der Waals surface area contributed by atoms with Gasteiger partial charge in [0, 0.05) is 13.7 Å². The van der Waals surface area contributed by atoms with Gasteiger partial charge in [-0.1, -0.05) is 13.8 Å². The van der Waals surface area contributed by atoms with Gasteiger partial charge in [-0.05, 0) is 61.1 Å². The second-order valence-electron chi connectivity index (χ2n) is 6.04. The highest BCUT2D eigenvalue weighted by atomic mass is 127. The number of ether oxygens (including phenoxy) is 1. The number of aromatic nitrogens is 2. The van der Waals surface area contributed by atoms with E-state index in [9.17, 15) is 0 Å². The highest BCUT2D eigenvalue weighted by Crippen LogP contribution is 2.34. The highest BCUT2D eigenvalue weighted by Gasteiger charge is 2.34. The standard InChI is InChI=1S/C15H24IN3O/c1-10(2)9-11-12(16)13(17-4)19-14(18-11)15(3)7-5-6-8-20-15/h10H,5-9H2,1-4H3,(H,17,18,19). The van der Waals surface area contributed by atoms with Gasteiger partial charge in [0.05, 0.1) is 9.26 Å². The molecule has 1 aliphatic heterocycles. The molecule has 5 heteroatoms. The largest absolute Gasteiger partial charge is 0.372 e. The van der Waals surface area contributed by atoms with E-state index in [4.69, 9.17) is 14.7 Å². The molecule has 0 amide bonds. The van der Waals surface area contributed by atoms with Gasteiger partial charge in [0.2, 0.25) is 0 Å². The van der Waals surface area contributed by atoms with Crippen molar-refractivity contribution in [1.29, 1.82) is 0 Å². The zero-order valence-electron chi connectivity index (χ0n) is 12.8. The van der Waals surface area contributed by atoms with Gasteiger partial charge < -0.3 is 10.1 Å². The van der Waals surface area contributed by atoms with Gasteiger partial charge in [0.15, 0.2) is 5.82 Å². The summed E-state index contributed by atoms with van der Waals surface area (Å²) in [6, 6.07) is 0. The molecule has 1 fully saturated rings. The van der Waals surface area contributed by atoms with Crippen molar-refractivity contribution in [3.05, 3.63) is 15.1 Å². The molecule has 1 unspecified atom stereocenters. The lowest BCUT2D eigenvalue weighted by Gasteiger charge is -2.33. The van der Waals surface area contributed by atoms with Crippen LogP contribution >= 0.6 is 22.6 Å². The lowest BCUT2D eigenvalue weighted by Crippen LogP contribution is -2.33. The summed E-state index contributed by atoms with van der Waals surface area (Å²) in [5.41, 5.74) is 0.797. The molecule has 0 spiro atoms. The summed E-state index contributed by atoms with van der Waals surface area (Å²) in [5.74, 6) is 2.33. The Morgan fingerprint density at radius 2 is 2.10 bits per heavy atom. The van der Waals surface area contributed by atoms with Crippen LogP contribution in [0, 0.1) is 9.49 Å². The third-order valence-electron chi connectivity index (χ3n) is 3.70. The van der Waals surface area contributed by atoms with Crippen LogP contribution in [0.25, 0.3) is 0 Å². The second kappa shape index (κ2) is 6.56. The fourth-order valence-corrected chi connectivity index (χ4v) is 3.26. The minimum Gasteiger partial charge on any atom is -0.372 e. The van der Waals surface area contributed by atoms with Crippen molar-refractivity contribution >= 4 is 28.4 Å². The van der Waals surface area contributed by atoms with Gasteiger partial charge in [-0.15, -0.1) is 0 Å². The van der Waals surface area contributed by atoms with Crippen molar-refractivity contribution in [1.82, 2.24) is 9.97 Å². The first-order valence-corrected chi connectivity index (χ1v) is 8.43. The Bertz CT molecular complexity index is 470. The Morgan fingerprint density at radius 3 is 2.65 bits per heavy atom. The minimum atomic E-state index is -0.333. The predicted octanol–water partition coefficient (Wildman–Crippen LogP) is 3.74. The van der Waals surface area contributed by atoms with Crippen molar-refractivity contribution in [3.8, 4) is 0 Å². The number of nitrogens with one attached hydrogen (secondary N) is 1. The van der Waals surface area contributed by atoms with Crippen molar-refractivity contribution < 1.29 is 4.74 Å². The van der Waals surface area contributed by atoms with E-state index < -0.39 is 0 Å². The van der Waals surface area contributed by atoms with Crippen LogP contribution in [0.1, 0.15) is 51.6 Å². The molecule has 1 aromatic heterocycles.